The van der Waals surface area contributed by atoms with E-state index < -0.39 is 0 Å². The number of carbonyl (C=O) groups excluding carboxylic acids is 1. The van der Waals surface area contributed by atoms with E-state index in [1.807, 2.05) is 35.2 Å². The lowest BCUT2D eigenvalue weighted by molar-refractivity contribution is -0.141. The molecule has 0 saturated carbocycles. The van der Waals surface area contributed by atoms with Gasteiger partial charge in [0.05, 0.1) is 18.1 Å². The Hall–Kier alpha value is -1.39. The van der Waals surface area contributed by atoms with Gasteiger partial charge in [0.25, 0.3) is 0 Å². The zero-order valence-electron chi connectivity index (χ0n) is 11.0. The highest BCUT2D eigenvalue weighted by atomic mass is 16.5. The predicted octanol–water partition coefficient (Wildman–Crippen LogP) is 1.12. The molecule has 3 atom stereocenters. The number of rotatable bonds is 3. The SMILES string of the molecule is NCC(C(=O)N1CC2CCC(C1)O2)c1ccccc1. The van der Waals surface area contributed by atoms with Gasteiger partial charge in [-0.25, -0.2) is 0 Å². The summed E-state index contributed by atoms with van der Waals surface area (Å²) in [6.45, 7) is 1.80. The van der Waals surface area contributed by atoms with Crippen LogP contribution in [0.3, 0.4) is 0 Å². The van der Waals surface area contributed by atoms with E-state index in [0.717, 1.165) is 31.5 Å². The molecule has 2 aliphatic heterocycles. The van der Waals surface area contributed by atoms with Gasteiger partial charge in [-0.1, -0.05) is 30.3 Å². The normalized spacial score (nSPS) is 27.3. The molecule has 2 fully saturated rings. The Balaban J connectivity index is 1.75. The summed E-state index contributed by atoms with van der Waals surface area (Å²) >= 11 is 0. The largest absolute Gasteiger partial charge is 0.371 e. The van der Waals surface area contributed by atoms with E-state index in [-0.39, 0.29) is 24.0 Å². The van der Waals surface area contributed by atoms with E-state index >= 15 is 0 Å². The molecular formula is C15H20N2O2. The fourth-order valence-electron chi connectivity index (χ4n) is 3.08. The van der Waals surface area contributed by atoms with E-state index in [1.54, 1.807) is 0 Å². The van der Waals surface area contributed by atoms with Gasteiger partial charge >= 0.3 is 0 Å². The summed E-state index contributed by atoms with van der Waals surface area (Å²) in [5.41, 5.74) is 6.83. The van der Waals surface area contributed by atoms with Crippen molar-refractivity contribution in [2.24, 2.45) is 5.73 Å². The van der Waals surface area contributed by atoms with E-state index in [9.17, 15) is 4.79 Å². The number of amides is 1. The molecule has 2 heterocycles. The molecule has 1 aromatic carbocycles. The number of hydrogen-bond acceptors (Lipinski definition) is 3. The van der Waals surface area contributed by atoms with Crippen LogP contribution in [-0.4, -0.2) is 42.6 Å². The Morgan fingerprint density at radius 2 is 1.89 bits per heavy atom. The summed E-state index contributed by atoms with van der Waals surface area (Å²) in [5.74, 6) is -0.0763. The standard InChI is InChI=1S/C15H20N2O2/c16-8-14(11-4-2-1-3-5-11)15(18)17-9-12-6-7-13(10-17)19-12/h1-5,12-14H,6-10,16H2. The number of nitrogens with two attached hydrogens (primary N) is 1. The Bertz CT molecular complexity index is 437. The molecule has 2 bridgehead atoms. The van der Waals surface area contributed by atoms with Crippen molar-refractivity contribution in [3.05, 3.63) is 35.9 Å². The fraction of sp³-hybridized carbons (Fsp3) is 0.533. The molecule has 2 N–H and O–H groups in total. The zero-order chi connectivity index (χ0) is 13.2. The van der Waals surface area contributed by atoms with E-state index in [0.29, 0.717) is 6.54 Å². The fourth-order valence-corrected chi connectivity index (χ4v) is 3.08. The maximum Gasteiger partial charge on any atom is 0.231 e. The molecule has 0 radical (unpaired) electrons. The lowest BCUT2D eigenvalue weighted by Gasteiger charge is -2.34. The van der Waals surface area contributed by atoms with Gasteiger partial charge in [0, 0.05) is 19.6 Å². The monoisotopic (exact) mass is 260 g/mol. The average Bonchev–Trinajstić information content (AvgIpc) is 2.79. The smallest absolute Gasteiger partial charge is 0.231 e. The minimum absolute atomic E-state index is 0.147. The summed E-state index contributed by atoms with van der Waals surface area (Å²) in [6.07, 6.45) is 2.62. The van der Waals surface area contributed by atoms with Crippen LogP contribution in [0.15, 0.2) is 30.3 Å². The van der Waals surface area contributed by atoms with Crippen molar-refractivity contribution in [1.82, 2.24) is 4.90 Å². The molecule has 4 nitrogen and oxygen atoms in total. The molecule has 0 spiro atoms. The van der Waals surface area contributed by atoms with E-state index in [1.165, 1.54) is 0 Å². The van der Waals surface area contributed by atoms with Crippen LogP contribution in [0.2, 0.25) is 0 Å². The highest BCUT2D eigenvalue weighted by Crippen LogP contribution is 2.28. The molecule has 102 valence electrons. The van der Waals surface area contributed by atoms with Crippen molar-refractivity contribution < 1.29 is 9.53 Å². The Morgan fingerprint density at radius 1 is 1.26 bits per heavy atom. The molecular weight excluding hydrogens is 240 g/mol. The summed E-state index contributed by atoms with van der Waals surface area (Å²) in [6, 6.07) is 9.81. The number of fused-ring (bicyclic) bond motifs is 2. The Morgan fingerprint density at radius 3 is 2.47 bits per heavy atom. The van der Waals surface area contributed by atoms with Gasteiger partial charge in [0.15, 0.2) is 0 Å². The third kappa shape index (κ3) is 2.51. The quantitative estimate of drug-likeness (QED) is 0.886. The molecule has 4 heteroatoms. The molecule has 1 amide bonds. The van der Waals surface area contributed by atoms with Crippen LogP contribution in [0, 0.1) is 0 Å². The second kappa shape index (κ2) is 5.31. The molecule has 19 heavy (non-hydrogen) atoms. The van der Waals surface area contributed by atoms with Gasteiger partial charge in [-0.2, -0.15) is 0 Å². The topological polar surface area (TPSA) is 55.6 Å². The summed E-state index contributed by atoms with van der Waals surface area (Å²) in [7, 11) is 0. The molecule has 2 saturated heterocycles. The van der Waals surface area contributed by atoms with Crippen LogP contribution in [0.5, 0.6) is 0 Å². The minimum Gasteiger partial charge on any atom is -0.371 e. The Kier molecular flexibility index (Phi) is 3.53. The maximum absolute atomic E-state index is 12.6. The molecule has 3 rings (SSSR count). The lowest BCUT2D eigenvalue weighted by atomic mass is 9.97. The van der Waals surface area contributed by atoms with Crippen LogP contribution in [0.4, 0.5) is 0 Å². The van der Waals surface area contributed by atoms with Crippen LogP contribution in [0.25, 0.3) is 0 Å². The minimum atomic E-state index is -0.223. The van der Waals surface area contributed by atoms with Crippen molar-refractivity contribution in [2.45, 2.75) is 31.0 Å². The Labute approximate surface area is 113 Å². The molecule has 1 aromatic rings. The first-order valence-electron chi connectivity index (χ1n) is 6.97. The van der Waals surface area contributed by atoms with Crippen molar-refractivity contribution in [3.8, 4) is 0 Å². The predicted molar refractivity (Wildman–Crippen MR) is 72.7 cm³/mol. The van der Waals surface area contributed by atoms with Gasteiger partial charge in [0.1, 0.15) is 0 Å². The number of nitrogens with zero attached hydrogens (tertiary/aromatic N) is 1. The first kappa shape index (κ1) is 12.6. The van der Waals surface area contributed by atoms with Gasteiger partial charge < -0.3 is 15.4 Å². The zero-order valence-corrected chi connectivity index (χ0v) is 11.0. The highest BCUT2D eigenvalue weighted by Gasteiger charge is 2.37. The van der Waals surface area contributed by atoms with E-state index in [2.05, 4.69) is 0 Å². The number of likely N-dealkylation sites (tertiary alicyclic amines) is 1. The summed E-state index contributed by atoms with van der Waals surface area (Å²) in [4.78, 5) is 14.6. The van der Waals surface area contributed by atoms with Crippen LogP contribution in [0.1, 0.15) is 24.3 Å². The first-order valence-corrected chi connectivity index (χ1v) is 6.97. The van der Waals surface area contributed by atoms with Crippen molar-refractivity contribution in [3.63, 3.8) is 0 Å². The van der Waals surface area contributed by atoms with E-state index in [4.69, 9.17) is 10.5 Å². The number of hydrogen-bond donors (Lipinski definition) is 1. The van der Waals surface area contributed by atoms with Gasteiger partial charge in [-0.15, -0.1) is 0 Å². The first-order chi connectivity index (χ1) is 9.28. The molecule has 2 aliphatic rings. The second-order valence-electron chi connectivity index (χ2n) is 5.40. The number of benzene rings is 1. The average molecular weight is 260 g/mol. The van der Waals surface area contributed by atoms with Crippen molar-refractivity contribution in [1.29, 1.82) is 0 Å². The number of carbonyl (C=O) groups is 1. The highest BCUT2D eigenvalue weighted by molar-refractivity contribution is 5.84. The molecule has 3 unspecified atom stereocenters. The summed E-state index contributed by atoms with van der Waals surface area (Å²) in [5, 5.41) is 0. The van der Waals surface area contributed by atoms with Gasteiger partial charge in [-0.3, -0.25) is 4.79 Å². The van der Waals surface area contributed by atoms with Gasteiger partial charge in [0.2, 0.25) is 5.91 Å². The maximum atomic E-state index is 12.6. The lowest BCUT2D eigenvalue weighted by Crippen LogP contribution is -2.48. The van der Waals surface area contributed by atoms with Crippen LogP contribution < -0.4 is 5.73 Å². The van der Waals surface area contributed by atoms with Gasteiger partial charge in [-0.05, 0) is 18.4 Å². The number of ether oxygens (including phenoxy) is 1. The number of morpholine rings is 1. The van der Waals surface area contributed by atoms with Crippen LogP contribution in [-0.2, 0) is 9.53 Å². The third-order valence-electron chi connectivity index (χ3n) is 4.09. The van der Waals surface area contributed by atoms with Crippen molar-refractivity contribution in [2.75, 3.05) is 19.6 Å². The third-order valence-corrected chi connectivity index (χ3v) is 4.09. The molecule has 0 aliphatic carbocycles. The van der Waals surface area contributed by atoms with Crippen molar-refractivity contribution >= 4 is 5.91 Å². The molecule has 0 aromatic heterocycles. The summed E-state index contributed by atoms with van der Waals surface area (Å²) < 4.78 is 5.77. The second-order valence-corrected chi connectivity index (χ2v) is 5.40. The van der Waals surface area contributed by atoms with Crippen LogP contribution >= 0.6 is 0 Å².